The highest BCUT2D eigenvalue weighted by molar-refractivity contribution is 5.76. The molecule has 2 unspecified atom stereocenters. The van der Waals surface area contributed by atoms with Crippen molar-refractivity contribution in [1.82, 2.24) is 5.32 Å². The van der Waals surface area contributed by atoms with Crippen LogP contribution in [0, 0.1) is 0 Å². The molecule has 0 spiro atoms. The number of rotatable bonds is 55. The zero-order valence-electron chi connectivity index (χ0n) is 44.0. The maximum atomic E-state index is 12.4. The van der Waals surface area contributed by atoms with Gasteiger partial charge in [-0.2, -0.15) is 0 Å². The van der Waals surface area contributed by atoms with E-state index in [4.69, 9.17) is 4.74 Å². The minimum atomic E-state index is -0.661. The lowest BCUT2D eigenvalue weighted by atomic mass is 10.0. The predicted molar refractivity (Wildman–Crippen MR) is 283 cm³/mol. The molecule has 0 saturated carbocycles. The van der Waals surface area contributed by atoms with Crippen LogP contribution in [0.3, 0.4) is 0 Å². The van der Waals surface area contributed by atoms with E-state index in [2.05, 4.69) is 31.3 Å². The topological polar surface area (TPSA) is 95.9 Å². The van der Waals surface area contributed by atoms with Crippen LogP contribution < -0.4 is 5.32 Å². The molecule has 1 amide bonds. The van der Waals surface area contributed by atoms with Crippen LogP contribution in [-0.4, -0.2) is 47.4 Å². The first-order chi connectivity index (χ1) is 32.0. The molecule has 386 valence electrons. The van der Waals surface area contributed by atoms with Gasteiger partial charge in [0.2, 0.25) is 5.91 Å². The Morgan fingerprint density at radius 1 is 0.415 bits per heavy atom. The van der Waals surface area contributed by atoms with Gasteiger partial charge in [-0.1, -0.05) is 276 Å². The molecule has 6 nitrogen and oxygen atoms in total. The maximum Gasteiger partial charge on any atom is 0.305 e. The van der Waals surface area contributed by atoms with Crippen molar-refractivity contribution in [2.45, 2.75) is 341 Å². The van der Waals surface area contributed by atoms with E-state index in [1.165, 1.54) is 250 Å². The summed E-state index contributed by atoms with van der Waals surface area (Å²) in [5.41, 5.74) is 0. The molecule has 0 aliphatic rings. The highest BCUT2D eigenvalue weighted by atomic mass is 16.5. The van der Waals surface area contributed by atoms with Crippen molar-refractivity contribution in [3.05, 3.63) is 12.2 Å². The highest BCUT2D eigenvalue weighted by Gasteiger charge is 2.20. The number of esters is 1. The first-order valence-electron chi connectivity index (χ1n) is 29.4. The third kappa shape index (κ3) is 51.8. The standard InChI is InChI=1S/C59H115NO5/c1-3-5-7-9-11-13-15-28-33-37-41-45-49-53-59(64)65-54-50-46-42-38-34-30-27-25-23-21-19-17-16-18-20-22-24-26-29-32-36-40-44-48-52-58(63)60-56(55-61)57(62)51-47-43-39-35-31-14-12-10-8-6-4-2/h13,15,56-57,61-62H,3-12,14,16-55H2,1-2H3,(H,60,63)/b15-13-. The Labute approximate surface area is 406 Å². The summed E-state index contributed by atoms with van der Waals surface area (Å²) >= 11 is 0. The SMILES string of the molecule is CCCCCC/C=C\CCCCCCCC(=O)OCCCCCCCCCCCCCCCCCCCCCCCCCCC(=O)NC(CO)C(O)CCCCCCCCCCCCC. The number of unbranched alkanes of at least 4 members (excludes halogenated alkanes) is 42. The van der Waals surface area contributed by atoms with Crippen LogP contribution in [0.25, 0.3) is 0 Å². The molecule has 65 heavy (non-hydrogen) atoms. The lowest BCUT2D eigenvalue weighted by molar-refractivity contribution is -0.143. The number of aliphatic hydroxyl groups is 2. The van der Waals surface area contributed by atoms with Crippen molar-refractivity contribution in [1.29, 1.82) is 0 Å². The molecule has 6 heteroatoms. The summed E-state index contributed by atoms with van der Waals surface area (Å²) in [6, 6.07) is -0.538. The summed E-state index contributed by atoms with van der Waals surface area (Å²) < 4.78 is 5.47. The Morgan fingerprint density at radius 2 is 0.723 bits per heavy atom. The van der Waals surface area contributed by atoms with Crippen LogP contribution >= 0.6 is 0 Å². The summed E-state index contributed by atoms with van der Waals surface area (Å²) in [7, 11) is 0. The number of ether oxygens (including phenoxy) is 1. The van der Waals surface area contributed by atoms with Gasteiger partial charge in [-0.25, -0.2) is 0 Å². The zero-order chi connectivity index (χ0) is 47.2. The minimum absolute atomic E-state index is 0.00648. The van der Waals surface area contributed by atoms with E-state index < -0.39 is 12.1 Å². The normalized spacial score (nSPS) is 12.6. The van der Waals surface area contributed by atoms with Gasteiger partial charge in [0.1, 0.15) is 0 Å². The van der Waals surface area contributed by atoms with E-state index in [-0.39, 0.29) is 18.5 Å². The molecule has 0 aliphatic carbocycles. The van der Waals surface area contributed by atoms with Gasteiger partial charge in [-0.05, 0) is 51.4 Å². The molecule has 0 rings (SSSR count). The fraction of sp³-hybridized carbons (Fsp3) is 0.932. The number of hydrogen-bond donors (Lipinski definition) is 3. The van der Waals surface area contributed by atoms with Crippen molar-refractivity contribution in [3.63, 3.8) is 0 Å². The van der Waals surface area contributed by atoms with E-state index in [9.17, 15) is 19.8 Å². The Hall–Kier alpha value is -1.40. The maximum absolute atomic E-state index is 12.4. The van der Waals surface area contributed by atoms with Crippen LogP contribution in [0.5, 0.6) is 0 Å². The van der Waals surface area contributed by atoms with Crippen LogP contribution in [0.2, 0.25) is 0 Å². The molecular weight excluding hydrogens is 803 g/mol. The predicted octanol–water partition coefficient (Wildman–Crippen LogP) is 18.1. The fourth-order valence-electron chi connectivity index (χ4n) is 9.28. The van der Waals surface area contributed by atoms with Gasteiger partial charge in [-0.15, -0.1) is 0 Å². The van der Waals surface area contributed by atoms with Crippen molar-refractivity contribution < 1.29 is 24.5 Å². The molecular formula is C59H115NO5. The third-order valence-electron chi connectivity index (χ3n) is 13.8. The second-order valence-corrected chi connectivity index (χ2v) is 20.3. The summed E-state index contributed by atoms with van der Waals surface area (Å²) in [6.07, 6.45) is 65.0. The van der Waals surface area contributed by atoms with Crippen molar-refractivity contribution >= 4 is 11.9 Å². The van der Waals surface area contributed by atoms with Gasteiger partial charge in [0.05, 0.1) is 25.4 Å². The lowest BCUT2D eigenvalue weighted by Gasteiger charge is -2.22. The lowest BCUT2D eigenvalue weighted by Crippen LogP contribution is -2.45. The summed E-state index contributed by atoms with van der Waals surface area (Å²) in [5.74, 6) is -0.0272. The largest absolute Gasteiger partial charge is 0.466 e. The summed E-state index contributed by atoms with van der Waals surface area (Å²) in [4.78, 5) is 24.5. The average molecular weight is 919 g/mol. The van der Waals surface area contributed by atoms with E-state index in [0.717, 1.165) is 44.9 Å². The molecule has 0 heterocycles. The van der Waals surface area contributed by atoms with Gasteiger partial charge in [0.25, 0.3) is 0 Å². The second-order valence-electron chi connectivity index (χ2n) is 20.3. The minimum Gasteiger partial charge on any atom is -0.466 e. The Bertz CT molecular complexity index is 970. The molecule has 3 N–H and O–H groups in total. The van der Waals surface area contributed by atoms with E-state index in [1.807, 2.05) is 0 Å². The van der Waals surface area contributed by atoms with Gasteiger partial charge in [0, 0.05) is 12.8 Å². The number of carbonyl (C=O) groups is 2. The summed E-state index contributed by atoms with van der Waals surface area (Å²) in [5, 5.41) is 23.2. The first-order valence-corrected chi connectivity index (χ1v) is 29.4. The second kappa shape index (κ2) is 55.2. The van der Waals surface area contributed by atoms with Gasteiger partial charge in [0.15, 0.2) is 0 Å². The highest BCUT2D eigenvalue weighted by Crippen LogP contribution is 2.18. The smallest absolute Gasteiger partial charge is 0.305 e. The fourth-order valence-corrected chi connectivity index (χ4v) is 9.28. The van der Waals surface area contributed by atoms with Gasteiger partial charge < -0.3 is 20.3 Å². The number of aliphatic hydroxyl groups excluding tert-OH is 2. The Kier molecular flexibility index (Phi) is 54.0. The Morgan fingerprint density at radius 3 is 1.11 bits per heavy atom. The Balaban J connectivity index is 3.34. The number of hydrogen-bond acceptors (Lipinski definition) is 5. The van der Waals surface area contributed by atoms with Crippen LogP contribution in [0.15, 0.2) is 12.2 Å². The summed E-state index contributed by atoms with van der Waals surface area (Å²) in [6.45, 7) is 4.94. The third-order valence-corrected chi connectivity index (χ3v) is 13.8. The van der Waals surface area contributed by atoms with Gasteiger partial charge in [-0.3, -0.25) is 9.59 Å². The first kappa shape index (κ1) is 63.6. The molecule has 0 aromatic heterocycles. The van der Waals surface area contributed by atoms with Crippen molar-refractivity contribution in [2.75, 3.05) is 13.2 Å². The molecule has 0 aromatic carbocycles. The number of allylic oxidation sites excluding steroid dienone is 2. The monoisotopic (exact) mass is 918 g/mol. The quantitative estimate of drug-likeness (QED) is 0.0321. The van der Waals surface area contributed by atoms with Crippen LogP contribution in [-0.2, 0) is 14.3 Å². The molecule has 0 aliphatic heterocycles. The van der Waals surface area contributed by atoms with Crippen LogP contribution in [0.1, 0.15) is 328 Å². The zero-order valence-corrected chi connectivity index (χ0v) is 44.0. The van der Waals surface area contributed by atoms with Crippen LogP contribution in [0.4, 0.5) is 0 Å². The molecule has 0 fully saturated rings. The van der Waals surface area contributed by atoms with E-state index >= 15 is 0 Å². The number of amides is 1. The van der Waals surface area contributed by atoms with Crippen molar-refractivity contribution in [2.24, 2.45) is 0 Å². The molecule has 2 atom stereocenters. The molecule has 0 aromatic rings. The molecule has 0 saturated heterocycles. The van der Waals surface area contributed by atoms with E-state index in [1.54, 1.807) is 0 Å². The van der Waals surface area contributed by atoms with Crippen molar-refractivity contribution in [3.8, 4) is 0 Å². The molecule has 0 radical (unpaired) electrons. The molecule has 0 bridgehead atoms. The average Bonchev–Trinajstić information content (AvgIpc) is 3.31. The van der Waals surface area contributed by atoms with Gasteiger partial charge >= 0.3 is 5.97 Å². The van der Waals surface area contributed by atoms with E-state index in [0.29, 0.717) is 25.9 Å². The number of carbonyl (C=O) groups excluding carboxylic acids is 2. The number of nitrogens with one attached hydrogen (secondary N) is 1.